The van der Waals surface area contributed by atoms with E-state index in [0.29, 0.717) is 13.1 Å². The first-order chi connectivity index (χ1) is 24.6. The van der Waals surface area contributed by atoms with Crippen LogP contribution < -0.4 is 4.90 Å². The van der Waals surface area contributed by atoms with Crippen molar-refractivity contribution in [3.63, 3.8) is 0 Å². The molecule has 0 aliphatic carbocycles. The normalized spacial score (nSPS) is 16.3. The van der Waals surface area contributed by atoms with E-state index in [1.807, 2.05) is 24.4 Å². The molecule has 2 atom stereocenters. The van der Waals surface area contributed by atoms with Gasteiger partial charge in [0.15, 0.2) is 0 Å². The average Bonchev–Trinajstić information content (AvgIpc) is 3.82. The Morgan fingerprint density at radius 1 is 0.660 bits per heavy atom. The predicted octanol–water partition coefficient (Wildman–Crippen LogP) is 8.59. The largest absolute Gasteiger partial charge is 0.377 e. The SMILES string of the molecule is CO[C@H]1CN(c2ccnc3ccc(-c4cn(C(c5ccccc5)(c5ccccc5)c5ccccc5)nc4-c4ccc(F)cc4)cc23)C[C@@H]1OC. The summed E-state index contributed by atoms with van der Waals surface area (Å²) in [6.07, 6.45) is 3.93. The monoisotopic (exact) mass is 660 g/mol. The van der Waals surface area contributed by atoms with Crippen LogP contribution in [-0.4, -0.2) is 54.3 Å². The summed E-state index contributed by atoms with van der Waals surface area (Å²) in [6, 6.07) is 46.5. The van der Waals surface area contributed by atoms with Gasteiger partial charge < -0.3 is 14.4 Å². The number of pyridine rings is 1. The number of hydrogen-bond donors (Lipinski definition) is 0. The van der Waals surface area contributed by atoms with E-state index >= 15 is 0 Å². The number of anilines is 1. The first-order valence-electron chi connectivity index (χ1n) is 16.8. The maximum atomic E-state index is 14.3. The van der Waals surface area contributed by atoms with Crippen molar-refractivity contribution in [1.82, 2.24) is 14.8 Å². The van der Waals surface area contributed by atoms with Gasteiger partial charge in [-0.15, -0.1) is 0 Å². The highest BCUT2D eigenvalue weighted by molar-refractivity contribution is 5.96. The highest BCUT2D eigenvalue weighted by Gasteiger charge is 2.40. The molecule has 3 heterocycles. The van der Waals surface area contributed by atoms with Gasteiger partial charge >= 0.3 is 0 Å². The van der Waals surface area contributed by atoms with Crippen LogP contribution in [0.2, 0.25) is 0 Å². The molecule has 6 nitrogen and oxygen atoms in total. The predicted molar refractivity (Wildman–Crippen MR) is 197 cm³/mol. The van der Waals surface area contributed by atoms with Crippen molar-refractivity contribution in [3.8, 4) is 22.4 Å². The number of fused-ring (bicyclic) bond motifs is 1. The molecule has 248 valence electrons. The molecule has 1 saturated heterocycles. The fourth-order valence-corrected chi connectivity index (χ4v) is 7.48. The number of hydrogen-bond acceptors (Lipinski definition) is 5. The van der Waals surface area contributed by atoms with E-state index in [0.717, 1.165) is 55.7 Å². The van der Waals surface area contributed by atoms with Crippen molar-refractivity contribution in [3.05, 3.63) is 174 Å². The molecule has 8 rings (SSSR count). The molecule has 0 spiro atoms. The summed E-state index contributed by atoms with van der Waals surface area (Å²) in [4.78, 5) is 7.04. The highest BCUT2D eigenvalue weighted by Crippen LogP contribution is 2.44. The molecular weight excluding hydrogens is 623 g/mol. The third-order valence-electron chi connectivity index (χ3n) is 9.94. The van der Waals surface area contributed by atoms with Crippen LogP contribution in [0.1, 0.15) is 16.7 Å². The summed E-state index contributed by atoms with van der Waals surface area (Å²) >= 11 is 0. The molecule has 7 aromatic rings. The highest BCUT2D eigenvalue weighted by atomic mass is 19.1. The Balaban J connectivity index is 1.38. The first-order valence-corrected chi connectivity index (χ1v) is 16.8. The number of aromatic nitrogens is 3. The van der Waals surface area contributed by atoms with E-state index in [4.69, 9.17) is 19.6 Å². The molecule has 0 saturated carbocycles. The number of benzene rings is 5. The fourth-order valence-electron chi connectivity index (χ4n) is 7.48. The van der Waals surface area contributed by atoms with Gasteiger partial charge in [0.25, 0.3) is 0 Å². The number of rotatable bonds is 9. The van der Waals surface area contributed by atoms with Crippen molar-refractivity contribution >= 4 is 16.6 Å². The number of ether oxygens (including phenoxy) is 2. The molecule has 0 amide bonds. The molecule has 0 unspecified atom stereocenters. The van der Waals surface area contributed by atoms with Crippen molar-refractivity contribution < 1.29 is 13.9 Å². The van der Waals surface area contributed by atoms with Crippen LogP contribution in [0.25, 0.3) is 33.3 Å². The minimum Gasteiger partial charge on any atom is -0.377 e. The van der Waals surface area contributed by atoms with E-state index in [2.05, 4.69) is 113 Å². The Morgan fingerprint density at radius 3 is 1.74 bits per heavy atom. The second kappa shape index (κ2) is 13.3. The van der Waals surface area contributed by atoms with Gasteiger partial charge in [0.05, 0.1) is 5.52 Å². The molecule has 0 bridgehead atoms. The first kappa shape index (κ1) is 31.6. The van der Waals surface area contributed by atoms with Crippen molar-refractivity contribution in [1.29, 1.82) is 0 Å². The smallest absolute Gasteiger partial charge is 0.138 e. The zero-order chi connectivity index (χ0) is 34.1. The molecule has 1 aliphatic rings. The fraction of sp³-hybridized carbons (Fsp3) is 0.163. The Bertz CT molecular complexity index is 2110. The van der Waals surface area contributed by atoms with Crippen LogP contribution in [0.5, 0.6) is 0 Å². The lowest BCUT2D eigenvalue weighted by molar-refractivity contribution is -0.00461. The van der Waals surface area contributed by atoms with Gasteiger partial charge in [0, 0.05) is 61.9 Å². The summed E-state index contributed by atoms with van der Waals surface area (Å²) in [7, 11) is 3.47. The molecule has 0 radical (unpaired) electrons. The van der Waals surface area contributed by atoms with Crippen LogP contribution in [-0.2, 0) is 15.0 Å². The second-order valence-corrected chi connectivity index (χ2v) is 12.7. The van der Waals surface area contributed by atoms with E-state index in [-0.39, 0.29) is 18.0 Å². The molecule has 2 aromatic heterocycles. The minimum atomic E-state index is -0.819. The topological polar surface area (TPSA) is 52.4 Å². The van der Waals surface area contributed by atoms with Crippen LogP contribution >= 0.6 is 0 Å². The van der Waals surface area contributed by atoms with Crippen molar-refractivity contribution in [2.75, 3.05) is 32.2 Å². The van der Waals surface area contributed by atoms with Crippen LogP contribution in [0.15, 0.2) is 152 Å². The molecule has 0 N–H and O–H groups in total. The lowest BCUT2D eigenvalue weighted by Crippen LogP contribution is -2.38. The second-order valence-electron chi connectivity index (χ2n) is 12.7. The standard InChI is InChI=1S/C43H37FN4O2/c1-49-40-28-47(29-41(40)50-2)39-24-25-45-38-23-20-31(26-36(38)39)37-27-48(46-42(37)30-18-21-35(44)22-19-30)43(32-12-6-3-7-13-32,33-14-8-4-9-15-33)34-16-10-5-11-17-34/h3-27,40-41H,28-29H2,1-2H3/t40-,41-/m0/s1. The Kier molecular flexibility index (Phi) is 8.44. The van der Waals surface area contributed by atoms with Gasteiger partial charge in [0.1, 0.15) is 29.3 Å². The minimum absolute atomic E-state index is 0.0307. The Morgan fingerprint density at radius 2 is 1.20 bits per heavy atom. The lowest BCUT2D eigenvalue weighted by atomic mass is 9.77. The van der Waals surface area contributed by atoms with Crippen LogP contribution in [0, 0.1) is 5.82 Å². The zero-order valence-electron chi connectivity index (χ0n) is 28.0. The van der Waals surface area contributed by atoms with Gasteiger partial charge in [-0.3, -0.25) is 9.67 Å². The number of halogens is 1. The van der Waals surface area contributed by atoms with Crippen LogP contribution in [0.4, 0.5) is 10.1 Å². The van der Waals surface area contributed by atoms with E-state index in [1.54, 1.807) is 26.4 Å². The molecule has 1 fully saturated rings. The van der Waals surface area contributed by atoms with E-state index in [1.165, 1.54) is 12.1 Å². The van der Waals surface area contributed by atoms with Gasteiger partial charge in [-0.25, -0.2) is 4.39 Å². The third-order valence-corrected chi connectivity index (χ3v) is 9.94. The third kappa shape index (κ3) is 5.45. The summed E-state index contributed by atoms with van der Waals surface area (Å²) in [5, 5.41) is 6.47. The molecule has 7 heteroatoms. The molecule has 5 aromatic carbocycles. The van der Waals surface area contributed by atoms with Crippen molar-refractivity contribution in [2.24, 2.45) is 0 Å². The van der Waals surface area contributed by atoms with Crippen molar-refractivity contribution in [2.45, 2.75) is 17.7 Å². The summed E-state index contributed by atoms with van der Waals surface area (Å²) in [6.45, 7) is 1.43. The van der Waals surface area contributed by atoms with E-state index in [9.17, 15) is 4.39 Å². The summed E-state index contributed by atoms with van der Waals surface area (Å²) < 4.78 is 27.9. The lowest BCUT2D eigenvalue weighted by Gasteiger charge is -2.36. The maximum absolute atomic E-state index is 14.3. The van der Waals surface area contributed by atoms with Gasteiger partial charge in [-0.2, -0.15) is 5.10 Å². The van der Waals surface area contributed by atoms with Gasteiger partial charge in [0.2, 0.25) is 0 Å². The van der Waals surface area contributed by atoms with E-state index < -0.39 is 5.54 Å². The number of methoxy groups -OCH3 is 2. The van der Waals surface area contributed by atoms with Crippen LogP contribution in [0.3, 0.4) is 0 Å². The average molecular weight is 661 g/mol. The molecule has 50 heavy (non-hydrogen) atoms. The number of nitrogens with zero attached hydrogens (tertiary/aromatic N) is 4. The summed E-state index contributed by atoms with van der Waals surface area (Å²) in [5.74, 6) is -0.294. The molecule has 1 aliphatic heterocycles. The zero-order valence-corrected chi connectivity index (χ0v) is 28.0. The van der Waals surface area contributed by atoms with Gasteiger partial charge in [-0.05, 0) is 64.7 Å². The maximum Gasteiger partial charge on any atom is 0.138 e. The van der Waals surface area contributed by atoms with Gasteiger partial charge in [-0.1, -0.05) is 97.1 Å². The Labute approximate surface area is 291 Å². The summed E-state index contributed by atoms with van der Waals surface area (Å²) in [5.41, 5.74) is 7.81. The molecular formula is C43H37FN4O2. The Hall–Kier alpha value is -5.63. The quantitative estimate of drug-likeness (QED) is 0.145.